The van der Waals surface area contributed by atoms with Gasteiger partial charge in [-0.1, -0.05) is 18.2 Å². The molecule has 66 valence electrons. The molecular formula is C9H11FO2. The zero-order valence-corrected chi connectivity index (χ0v) is 6.66. The molecule has 0 heterocycles. The van der Waals surface area contributed by atoms with Gasteiger partial charge in [-0.15, -0.1) is 0 Å². The van der Waals surface area contributed by atoms with E-state index in [2.05, 4.69) is 0 Å². The summed E-state index contributed by atoms with van der Waals surface area (Å²) < 4.78 is 16.8. The maximum atomic E-state index is 11.7. The van der Waals surface area contributed by atoms with Crippen LogP contribution in [-0.4, -0.2) is 18.4 Å². The molecule has 0 spiro atoms. The first kappa shape index (κ1) is 9.00. The molecule has 0 aliphatic carbocycles. The van der Waals surface area contributed by atoms with Gasteiger partial charge in [0.2, 0.25) is 0 Å². The summed E-state index contributed by atoms with van der Waals surface area (Å²) in [5.41, 5.74) is 0.686. The lowest BCUT2D eigenvalue weighted by molar-refractivity contribution is 0.248. The third-order valence-corrected chi connectivity index (χ3v) is 1.48. The van der Waals surface area contributed by atoms with Crippen molar-refractivity contribution in [3.63, 3.8) is 0 Å². The average Bonchev–Trinajstić information content (AvgIpc) is 2.15. The Morgan fingerprint density at radius 3 is 2.75 bits per heavy atom. The van der Waals surface area contributed by atoms with Gasteiger partial charge in [-0.2, -0.15) is 0 Å². The van der Waals surface area contributed by atoms with E-state index in [9.17, 15) is 4.39 Å². The highest BCUT2D eigenvalue weighted by atomic mass is 19.1. The van der Waals surface area contributed by atoms with E-state index in [4.69, 9.17) is 9.84 Å². The first-order valence-electron chi connectivity index (χ1n) is 3.76. The Labute approximate surface area is 70.6 Å². The van der Waals surface area contributed by atoms with Crippen LogP contribution in [0.15, 0.2) is 24.3 Å². The minimum Gasteiger partial charge on any atom is -0.490 e. The second-order valence-corrected chi connectivity index (χ2v) is 2.30. The summed E-state index contributed by atoms with van der Waals surface area (Å²) in [7, 11) is 0. The number of alkyl halides is 1. The fraction of sp³-hybridized carbons (Fsp3) is 0.333. The first-order chi connectivity index (χ1) is 5.88. The lowest BCUT2D eigenvalue weighted by atomic mass is 10.2. The molecule has 0 aromatic heterocycles. The van der Waals surface area contributed by atoms with Crippen LogP contribution in [0.5, 0.6) is 5.75 Å². The minimum atomic E-state index is -0.514. The summed E-state index contributed by atoms with van der Waals surface area (Å²) in [5, 5.41) is 8.84. The molecule has 0 aliphatic heterocycles. The van der Waals surface area contributed by atoms with Crippen LogP contribution in [-0.2, 0) is 6.61 Å². The third kappa shape index (κ3) is 2.20. The highest BCUT2D eigenvalue weighted by molar-refractivity contribution is 5.32. The molecule has 1 aromatic rings. The maximum Gasteiger partial charge on any atom is 0.124 e. The predicted octanol–water partition coefficient (Wildman–Crippen LogP) is 1.53. The van der Waals surface area contributed by atoms with Gasteiger partial charge >= 0.3 is 0 Å². The maximum absolute atomic E-state index is 11.7. The van der Waals surface area contributed by atoms with Crippen LogP contribution in [0.25, 0.3) is 0 Å². The molecule has 0 radical (unpaired) electrons. The standard InChI is InChI=1S/C9H11FO2/c10-5-6-12-9-4-2-1-3-8(9)7-11/h1-4,11H,5-7H2. The van der Waals surface area contributed by atoms with Gasteiger partial charge in [0.15, 0.2) is 0 Å². The van der Waals surface area contributed by atoms with Gasteiger partial charge in [0.1, 0.15) is 19.0 Å². The average molecular weight is 170 g/mol. The molecule has 0 unspecified atom stereocenters. The third-order valence-electron chi connectivity index (χ3n) is 1.48. The van der Waals surface area contributed by atoms with E-state index in [1.807, 2.05) is 0 Å². The fourth-order valence-corrected chi connectivity index (χ4v) is 0.924. The molecule has 0 amide bonds. The molecule has 0 fully saturated rings. The number of hydrogen-bond donors (Lipinski definition) is 1. The number of aliphatic hydroxyl groups excluding tert-OH is 1. The molecule has 3 heteroatoms. The predicted molar refractivity (Wildman–Crippen MR) is 43.8 cm³/mol. The second-order valence-electron chi connectivity index (χ2n) is 2.30. The fourth-order valence-electron chi connectivity index (χ4n) is 0.924. The number of ether oxygens (including phenoxy) is 1. The highest BCUT2D eigenvalue weighted by Gasteiger charge is 1.99. The molecule has 0 saturated heterocycles. The van der Waals surface area contributed by atoms with Gasteiger partial charge in [-0.25, -0.2) is 4.39 Å². The molecule has 0 atom stereocenters. The SMILES string of the molecule is OCc1ccccc1OCCF. The zero-order chi connectivity index (χ0) is 8.81. The van der Waals surface area contributed by atoms with Crippen LogP contribution in [0.4, 0.5) is 4.39 Å². The molecule has 12 heavy (non-hydrogen) atoms. The molecule has 2 nitrogen and oxygen atoms in total. The van der Waals surface area contributed by atoms with Gasteiger partial charge in [-0.05, 0) is 6.07 Å². The van der Waals surface area contributed by atoms with Crippen molar-refractivity contribution in [2.75, 3.05) is 13.3 Å². The number of benzene rings is 1. The van der Waals surface area contributed by atoms with E-state index >= 15 is 0 Å². The number of rotatable bonds is 4. The lowest BCUT2D eigenvalue weighted by Crippen LogP contribution is -2.01. The molecule has 0 aliphatic rings. The van der Waals surface area contributed by atoms with E-state index in [0.717, 1.165) is 0 Å². The van der Waals surface area contributed by atoms with Crippen molar-refractivity contribution in [2.45, 2.75) is 6.61 Å². The van der Waals surface area contributed by atoms with Crippen LogP contribution >= 0.6 is 0 Å². The van der Waals surface area contributed by atoms with Crippen molar-refractivity contribution in [2.24, 2.45) is 0 Å². The molecule has 1 N–H and O–H groups in total. The van der Waals surface area contributed by atoms with E-state index in [1.54, 1.807) is 24.3 Å². The van der Waals surface area contributed by atoms with Crippen molar-refractivity contribution < 1.29 is 14.2 Å². The summed E-state index contributed by atoms with van der Waals surface area (Å²) in [6, 6.07) is 7.04. The van der Waals surface area contributed by atoms with Crippen LogP contribution < -0.4 is 4.74 Å². The number of hydrogen-bond acceptors (Lipinski definition) is 2. The minimum absolute atomic E-state index is 0.0387. The van der Waals surface area contributed by atoms with E-state index < -0.39 is 6.67 Å². The Bertz CT molecular complexity index is 238. The van der Waals surface area contributed by atoms with Gasteiger partial charge in [0.25, 0.3) is 0 Å². The Kier molecular flexibility index (Phi) is 3.54. The van der Waals surface area contributed by atoms with Gasteiger partial charge in [0, 0.05) is 5.56 Å². The Hall–Kier alpha value is -1.09. The normalized spacial score (nSPS) is 9.83. The van der Waals surface area contributed by atoms with Gasteiger partial charge in [-0.3, -0.25) is 0 Å². The van der Waals surface area contributed by atoms with Crippen LogP contribution in [0.1, 0.15) is 5.56 Å². The summed E-state index contributed by atoms with van der Waals surface area (Å²) in [5.74, 6) is 0.553. The molecule has 0 bridgehead atoms. The van der Waals surface area contributed by atoms with Crippen LogP contribution in [0, 0.1) is 0 Å². The molecule has 1 rings (SSSR count). The van der Waals surface area contributed by atoms with Crippen LogP contribution in [0.2, 0.25) is 0 Å². The van der Waals surface area contributed by atoms with Crippen molar-refractivity contribution in [1.82, 2.24) is 0 Å². The summed E-state index contributed by atoms with van der Waals surface area (Å²) in [6.07, 6.45) is 0. The summed E-state index contributed by atoms with van der Waals surface area (Å²) >= 11 is 0. The van der Waals surface area contributed by atoms with E-state index in [-0.39, 0.29) is 13.2 Å². The number of aliphatic hydroxyl groups is 1. The largest absolute Gasteiger partial charge is 0.490 e. The highest BCUT2D eigenvalue weighted by Crippen LogP contribution is 2.17. The smallest absolute Gasteiger partial charge is 0.124 e. The monoisotopic (exact) mass is 170 g/mol. The Morgan fingerprint density at radius 1 is 1.33 bits per heavy atom. The van der Waals surface area contributed by atoms with Crippen molar-refractivity contribution >= 4 is 0 Å². The quantitative estimate of drug-likeness (QED) is 0.742. The topological polar surface area (TPSA) is 29.5 Å². The Morgan fingerprint density at radius 2 is 2.08 bits per heavy atom. The van der Waals surface area contributed by atoms with Crippen molar-refractivity contribution in [3.8, 4) is 5.75 Å². The van der Waals surface area contributed by atoms with Crippen molar-refractivity contribution in [3.05, 3.63) is 29.8 Å². The number of para-hydroxylation sites is 1. The van der Waals surface area contributed by atoms with Crippen LogP contribution in [0.3, 0.4) is 0 Å². The zero-order valence-electron chi connectivity index (χ0n) is 6.66. The van der Waals surface area contributed by atoms with E-state index in [0.29, 0.717) is 11.3 Å². The molecule has 0 saturated carbocycles. The summed E-state index contributed by atoms with van der Waals surface area (Å²) in [6.45, 7) is -0.556. The molecular weight excluding hydrogens is 159 g/mol. The van der Waals surface area contributed by atoms with Crippen molar-refractivity contribution in [1.29, 1.82) is 0 Å². The van der Waals surface area contributed by atoms with Gasteiger partial charge in [0.05, 0.1) is 6.61 Å². The molecule has 1 aromatic carbocycles. The first-order valence-corrected chi connectivity index (χ1v) is 3.76. The van der Waals surface area contributed by atoms with Gasteiger partial charge < -0.3 is 9.84 Å². The lowest BCUT2D eigenvalue weighted by Gasteiger charge is -2.07. The van der Waals surface area contributed by atoms with E-state index in [1.165, 1.54) is 0 Å². The Balaban J connectivity index is 2.68. The number of halogens is 1. The summed E-state index contributed by atoms with van der Waals surface area (Å²) in [4.78, 5) is 0. The second kappa shape index (κ2) is 4.72.